The van der Waals surface area contributed by atoms with E-state index in [1.165, 1.54) is 5.56 Å². The van der Waals surface area contributed by atoms with Crippen LogP contribution < -0.4 is 4.90 Å². The summed E-state index contributed by atoms with van der Waals surface area (Å²) >= 11 is 0. The van der Waals surface area contributed by atoms with Crippen LogP contribution in [0, 0.1) is 18.3 Å². The predicted octanol–water partition coefficient (Wildman–Crippen LogP) is 3.17. The molecule has 4 heteroatoms. The molecule has 2 aromatic rings. The first kappa shape index (κ1) is 14.0. The van der Waals surface area contributed by atoms with Gasteiger partial charge in [0.1, 0.15) is 11.8 Å². The van der Waals surface area contributed by atoms with E-state index in [2.05, 4.69) is 29.9 Å². The maximum absolute atomic E-state index is 9.15. The standard InChI is InChI=1S/C16H18N4/c1-4-20(5-2)16-18-14(11-17)10-15(19-16)13-8-6-12(3)7-9-13/h6-10H,4-5H2,1-3H3. The van der Waals surface area contributed by atoms with Crippen LogP contribution in [0.5, 0.6) is 0 Å². The van der Waals surface area contributed by atoms with Gasteiger partial charge in [0, 0.05) is 24.7 Å². The maximum Gasteiger partial charge on any atom is 0.227 e. The van der Waals surface area contributed by atoms with Gasteiger partial charge in [-0.15, -0.1) is 0 Å². The van der Waals surface area contributed by atoms with Crippen LogP contribution in [0.1, 0.15) is 25.1 Å². The molecule has 0 bridgehead atoms. The molecular weight excluding hydrogens is 248 g/mol. The number of nitriles is 1. The van der Waals surface area contributed by atoms with E-state index in [1.54, 1.807) is 6.07 Å². The third-order valence-corrected chi connectivity index (χ3v) is 3.22. The molecule has 0 saturated heterocycles. The molecule has 2 rings (SSSR count). The lowest BCUT2D eigenvalue weighted by Crippen LogP contribution is -2.24. The molecule has 0 aliphatic carbocycles. The third-order valence-electron chi connectivity index (χ3n) is 3.22. The number of rotatable bonds is 4. The Bertz CT molecular complexity index is 622. The lowest BCUT2D eigenvalue weighted by atomic mass is 10.1. The van der Waals surface area contributed by atoms with Crippen LogP contribution in [0.4, 0.5) is 5.95 Å². The van der Waals surface area contributed by atoms with Gasteiger partial charge in [0.2, 0.25) is 5.95 Å². The summed E-state index contributed by atoms with van der Waals surface area (Å²) in [6, 6.07) is 12.0. The monoisotopic (exact) mass is 266 g/mol. The molecule has 1 aromatic heterocycles. The highest BCUT2D eigenvalue weighted by Crippen LogP contribution is 2.21. The van der Waals surface area contributed by atoms with E-state index < -0.39 is 0 Å². The number of nitrogens with zero attached hydrogens (tertiary/aromatic N) is 4. The molecule has 0 radical (unpaired) electrons. The molecule has 0 fully saturated rings. The van der Waals surface area contributed by atoms with E-state index in [1.807, 2.05) is 36.1 Å². The molecule has 1 aromatic carbocycles. The van der Waals surface area contributed by atoms with Gasteiger partial charge >= 0.3 is 0 Å². The Kier molecular flexibility index (Phi) is 4.31. The fourth-order valence-electron chi connectivity index (χ4n) is 2.01. The van der Waals surface area contributed by atoms with E-state index in [9.17, 15) is 0 Å². The molecule has 0 spiro atoms. The van der Waals surface area contributed by atoms with Crippen molar-refractivity contribution < 1.29 is 0 Å². The number of aryl methyl sites for hydroxylation is 1. The van der Waals surface area contributed by atoms with E-state index in [-0.39, 0.29) is 0 Å². The van der Waals surface area contributed by atoms with Gasteiger partial charge in [0.05, 0.1) is 5.69 Å². The summed E-state index contributed by atoms with van der Waals surface area (Å²) in [5.74, 6) is 0.615. The highest BCUT2D eigenvalue weighted by Gasteiger charge is 2.10. The van der Waals surface area contributed by atoms with Crippen LogP contribution >= 0.6 is 0 Å². The predicted molar refractivity (Wildman–Crippen MR) is 80.5 cm³/mol. The molecule has 0 atom stereocenters. The molecule has 1 heterocycles. The van der Waals surface area contributed by atoms with Crippen molar-refractivity contribution in [1.82, 2.24) is 9.97 Å². The smallest absolute Gasteiger partial charge is 0.227 e. The van der Waals surface area contributed by atoms with Crippen LogP contribution in [0.15, 0.2) is 30.3 Å². The van der Waals surface area contributed by atoms with Gasteiger partial charge in [-0.2, -0.15) is 5.26 Å². The summed E-state index contributed by atoms with van der Waals surface area (Å²) in [6.45, 7) is 7.79. The molecular formula is C16H18N4. The van der Waals surface area contributed by atoms with Gasteiger partial charge < -0.3 is 4.90 Å². The zero-order chi connectivity index (χ0) is 14.5. The second kappa shape index (κ2) is 6.16. The number of hydrogen-bond acceptors (Lipinski definition) is 4. The highest BCUT2D eigenvalue weighted by atomic mass is 15.2. The van der Waals surface area contributed by atoms with Crippen molar-refractivity contribution in [2.24, 2.45) is 0 Å². The van der Waals surface area contributed by atoms with Gasteiger partial charge in [-0.1, -0.05) is 29.8 Å². The number of benzene rings is 1. The van der Waals surface area contributed by atoms with E-state index in [0.717, 1.165) is 24.3 Å². The average molecular weight is 266 g/mol. The van der Waals surface area contributed by atoms with E-state index >= 15 is 0 Å². The van der Waals surface area contributed by atoms with Crippen LogP contribution in [-0.4, -0.2) is 23.1 Å². The van der Waals surface area contributed by atoms with Crippen LogP contribution in [0.2, 0.25) is 0 Å². The second-order valence-corrected chi connectivity index (χ2v) is 4.59. The van der Waals surface area contributed by atoms with Gasteiger partial charge in [-0.25, -0.2) is 9.97 Å². The first-order valence-electron chi connectivity index (χ1n) is 6.79. The summed E-state index contributed by atoms with van der Waals surface area (Å²) < 4.78 is 0. The molecule has 20 heavy (non-hydrogen) atoms. The van der Waals surface area contributed by atoms with Crippen molar-refractivity contribution in [3.05, 3.63) is 41.6 Å². The number of aromatic nitrogens is 2. The van der Waals surface area contributed by atoms with Crippen molar-refractivity contribution in [2.75, 3.05) is 18.0 Å². The normalized spacial score (nSPS) is 10.1. The van der Waals surface area contributed by atoms with Crippen LogP contribution in [0.25, 0.3) is 11.3 Å². The summed E-state index contributed by atoms with van der Waals surface area (Å²) in [7, 11) is 0. The van der Waals surface area contributed by atoms with Crippen molar-refractivity contribution in [3.8, 4) is 17.3 Å². The van der Waals surface area contributed by atoms with Gasteiger partial charge in [0.15, 0.2) is 0 Å². The van der Waals surface area contributed by atoms with Crippen LogP contribution in [0.3, 0.4) is 0 Å². The molecule has 0 aliphatic rings. The minimum Gasteiger partial charge on any atom is -0.341 e. The fraction of sp³-hybridized carbons (Fsp3) is 0.312. The quantitative estimate of drug-likeness (QED) is 0.853. The Morgan fingerprint density at radius 3 is 2.30 bits per heavy atom. The Labute approximate surface area is 119 Å². The third kappa shape index (κ3) is 2.94. The minimum atomic E-state index is 0.400. The van der Waals surface area contributed by atoms with E-state index in [4.69, 9.17) is 5.26 Å². The van der Waals surface area contributed by atoms with Gasteiger partial charge in [-0.05, 0) is 20.8 Å². The Morgan fingerprint density at radius 1 is 1.10 bits per heavy atom. The summed E-state index contributed by atoms with van der Waals surface area (Å²) in [5, 5.41) is 9.15. The molecule has 0 saturated carbocycles. The van der Waals surface area contributed by atoms with Gasteiger partial charge in [0.25, 0.3) is 0 Å². The Hall–Kier alpha value is -2.41. The molecule has 4 nitrogen and oxygen atoms in total. The van der Waals surface area contributed by atoms with Crippen molar-refractivity contribution in [1.29, 1.82) is 5.26 Å². The summed E-state index contributed by atoms with van der Waals surface area (Å²) in [5.41, 5.74) is 3.39. The number of hydrogen-bond donors (Lipinski definition) is 0. The van der Waals surface area contributed by atoms with Crippen molar-refractivity contribution >= 4 is 5.95 Å². The minimum absolute atomic E-state index is 0.400. The van der Waals surface area contributed by atoms with Crippen LogP contribution in [-0.2, 0) is 0 Å². The summed E-state index contributed by atoms with van der Waals surface area (Å²) in [6.07, 6.45) is 0. The van der Waals surface area contributed by atoms with E-state index in [0.29, 0.717) is 11.6 Å². The molecule has 0 unspecified atom stereocenters. The summed E-state index contributed by atoms with van der Waals surface area (Å²) in [4.78, 5) is 10.9. The Balaban J connectivity index is 2.50. The Morgan fingerprint density at radius 2 is 1.75 bits per heavy atom. The largest absolute Gasteiger partial charge is 0.341 e. The lowest BCUT2D eigenvalue weighted by Gasteiger charge is -2.19. The first-order chi connectivity index (χ1) is 9.67. The average Bonchev–Trinajstić information content (AvgIpc) is 2.49. The topological polar surface area (TPSA) is 52.8 Å². The highest BCUT2D eigenvalue weighted by molar-refractivity contribution is 5.62. The zero-order valence-corrected chi connectivity index (χ0v) is 12.1. The van der Waals surface area contributed by atoms with Gasteiger partial charge in [-0.3, -0.25) is 0 Å². The lowest BCUT2D eigenvalue weighted by molar-refractivity contribution is 0.820. The first-order valence-corrected chi connectivity index (χ1v) is 6.79. The zero-order valence-electron chi connectivity index (χ0n) is 12.1. The molecule has 0 aliphatic heterocycles. The molecule has 0 N–H and O–H groups in total. The second-order valence-electron chi connectivity index (χ2n) is 4.59. The molecule has 0 amide bonds. The number of anilines is 1. The molecule has 102 valence electrons. The van der Waals surface area contributed by atoms with Crippen molar-refractivity contribution in [2.45, 2.75) is 20.8 Å². The maximum atomic E-state index is 9.15. The van der Waals surface area contributed by atoms with Crippen molar-refractivity contribution in [3.63, 3.8) is 0 Å². The SMILES string of the molecule is CCN(CC)c1nc(C#N)cc(-c2ccc(C)cc2)n1. The fourth-order valence-corrected chi connectivity index (χ4v) is 2.01.